The van der Waals surface area contributed by atoms with Crippen LogP contribution in [0, 0.1) is 0 Å². The number of Topliss-reactive ketones (excluding diaryl/α,β-unsaturated/α-hetero) is 1. The first-order valence-corrected chi connectivity index (χ1v) is 5.97. The highest BCUT2D eigenvalue weighted by Crippen LogP contribution is 2.25. The Balaban J connectivity index is 2.74. The molecule has 88 valence electrons. The number of aliphatic hydroxyl groups is 1. The van der Waals surface area contributed by atoms with Gasteiger partial charge in [-0.3, -0.25) is 4.79 Å². The monoisotopic (exact) mass is 213 g/mol. The van der Waals surface area contributed by atoms with E-state index < -0.39 is 6.10 Å². The van der Waals surface area contributed by atoms with Crippen LogP contribution in [0.25, 0.3) is 0 Å². The van der Waals surface area contributed by atoms with Crippen LogP contribution in [-0.4, -0.2) is 28.6 Å². The maximum Gasteiger partial charge on any atom is 0.152 e. The van der Waals surface area contributed by atoms with Gasteiger partial charge in [-0.1, -0.05) is 13.3 Å². The molecule has 0 aromatic carbocycles. The van der Waals surface area contributed by atoms with E-state index in [-0.39, 0.29) is 17.4 Å². The number of aliphatic hydroxyl groups excluding tert-OH is 1. The summed E-state index contributed by atoms with van der Waals surface area (Å²) in [7, 11) is 0. The zero-order valence-corrected chi connectivity index (χ0v) is 10.0. The molecule has 0 bridgehead atoms. The smallest absolute Gasteiger partial charge is 0.152 e. The molecule has 0 unspecified atom stereocenters. The SMILES string of the molecule is CCC[C@@]1(C)CCCC(=O)[C@H]([C@@H](C)O)N1. The molecule has 2 N–H and O–H groups in total. The van der Waals surface area contributed by atoms with Crippen molar-refractivity contribution in [3.05, 3.63) is 0 Å². The van der Waals surface area contributed by atoms with Crippen LogP contribution in [0.1, 0.15) is 52.9 Å². The highest BCUT2D eigenvalue weighted by atomic mass is 16.3. The lowest BCUT2D eigenvalue weighted by Gasteiger charge is -2.33. The first-order valence-electron chi connectivity index (χ1n) is 5.97. The molecule has 1 rings (SSSR count). The van der Waals surface area contributed by atoms with E-state index >= 15 is 0 Å². The van der Waals surface area contributed by atoms with Crippen LogP contribution in [0.15, 0.2) is 0 Å². The van der Waals surface area contributed by atoms with E-state index in [9.17, 15) is 9.90 Å². The average molecular weight is 213 g/mol. The molecule has 1 heterocycles. The summed E-state index contributed by atoms with van der Waals surface area (Å²) in [6.45, 7) is 5.99. The lowest BCUT2D eigenvalue weighted by Crippen LogP contribution is -2.53. The second-order valence-corrected chi connectivity index (χ2v) is 4.99. The van der Waals surface area contributed by atoms with Gasteiger partial charge in [-0.2, -0.15) is 0 Å². The number of ketones is 1. The first-order chi connectivity index (χ1) is 6.98. The van der Waals surface area contributed by atoms with E-state index in [4.69, 9.17) is 0 Å². The minimum absolute atomic E-state index is 0.0164. The zero-order chi connectivity index (χ0) is 11.5. The number of hydrogen-bond acceptors (Lipinski definition) is 3. The largest absolute Gasteiger partial charge is 0.391 e. The molecule has 0 aromatic heterocycles. The molecule has 15 heavy (non-hydrogen) atoms. The zero-order valence-electron chi connectivity index (χ0n) is 10.0. The maximum atomic E-state index is 11.7. The average Bonchev–Trinajstić information content (AvgIpc) is 2.27. The third-order valence-corrected chi connectivity index (χ3v) is 3.29. The Kier molecular flexibility index (Phi) is 4.29. The molecule has 1 aliphatic heterocycles. The molecular weight excluding hydrogens is 190 g/mol. The van der Waals surface area contributed by atoms with Crippen LogP contribution in [0.2, 0.25) is 0 Å². The molecule has 0 aromatic rings. The van der Waals surface area contributed by atoms with Crippen LogP contribution in [0.3, 0.4) is 0 Å². The van der Waals surface area contributed by atoms with Crippen molar-refractivity contribution in [3.63, 3.8) is 0 Å². The van der Waals surface area contributed by atoms with Gasteiger partial charge in [0.1, 0.15) is 0 Å². The Hall–Kier alpha value is -0.410. The van der Waals surface area contributed by atoms with E-state index in [1.54, 1.807) is 6.92 Å². The van der Waals surface area contributed by atoms with Gasteiger partial charge in [0.2, 0.25) is 0 Å². The number of nitrogens with one attached hydrogen (secondary N) is 1. The molecule has 3 heteroatoms. The van der Waals surface area contributed by atoms with Crippen molar-refractivity contribution in [2.45, 2.75) is 70.6 Å². The summed E-state index contributed by atoms with van der Waals surface area (Å²) in [6, 6.07) is -0.371. The van der Waals surface area contributed by atoms with Crippen LogP contribution in [0.5, 0.6) is 0 Å². The van der Waals surface area contributed by atoms with Gasteiger partial charge in [-0.25, -0.2) is 0 Å². The van der Waals surface area contributed by atoms with Crippen molar-refractivity contribution < 1.29 is 9.90 Å². The van der Waals surface area contributed by atoms with Gasteiger partial charge in [0.25, 0.3) is 0 Å². The van der Waals surface area contributed by atoms with E-state index in [0.717, 1.165) is 25.7 Å². The predicted molar refractivity (Wildman–Crippen MR) is 60.8 cm³/mol. The molecule has 0 aliphatic carbocycles. The number of carbonyl (C=O) groups excluding carboxylic acids is 1. The van der Waals surface area contributed by atoms with E-state index in [1.807, 2.05) is 0 Å². The third kappa shape index (κ3) is 3.28. The topological polar surface area (TPSA) is 49.3 Å². The molecule has 1 fully saturated rings. The summed E-state index contributed by atoms with van der Waals surface area (Å²) >= 11 is 0. The standard InChI is InChI=1S/C12H23NO2/c1-4-7-12(3)8-5-6-10(15)11(13-12)9(2)14/h9,11,13-14H,4-8H2,1-3H3/t9-,11+,12+/m1/s1. The van der Waals surface area contributed by atoms with Crippen molar-refractivity contribution in [2.24, 2.45) is 0 Å². The lowest BCUT2D eigenvalue weighted by molar-refractivity contribution is -0.123. The predicted octanol–water partition coefficient (Wildman–Crippen LogP) is 1.64. The van der Waals surface area contributed by atoms with Gasteiger partial charge in [-0.15, -0.1) is 0 Å². The quantitative estimate of drug-likeness (QED) is 0.749. The first kappa shape index (κ1) is 12.7. The minimum atomic E-state index is -0.591. The van der Waals surface area contributed by atoms with Gasteiger partial charge in [0, 0.05) is 12.0 Å². The Morgan fingerprint density at radius 1 is 1.67 bits per heavy atom. The Bertz CT molecular complexity index is 228. The number of hydrogen-bond donors (Lipinski definition) is 2. The van der Waals surface area contributed by atoms with E-state index in [2.05, 4.69) is 19.2 Å². The molecule has 0 saturated carbocycles. The van der Waals surface area contributed by atoms with Crippen LogP contribution in [-0.2, 0) is 4.79 Å². The van der Waals surface area contributed by atoms with Crippen molar-refractivity contribution >= 4 is 5.78 Å². The fourth-order valence-electron chi connectivity index (χ4n) is 2.47. The van der Waals surface area contributed by atoms with Crippen molar-refractivity contribution in [2.75, 3.05) is 0 Å². The van der Waals surface area contributed by atoms with E-state index in [0.29, 0.717) is 6.42 Å². The van der Waals surface area contributed by atoms with Crippen LogP contribution >= 0.6 is 0 Å². The fourth-order valence-corrected chi connectivity index (χ4v) is 2.47. The van der Waals surface area contributed by atoms with Crippen molar-refractivity contribution in [1.29, 1.82) is 0 Å². The summed E-state index contributed by atoms with van der Waals surface area (Å²) < 4.78 is 0. The molecule has 3 nitrogen and oxygen atoms in total. The Morgan fingerprint density at radius 3 is 2.87 bits per heavy atom. The maximum absolute atomic E-state index is 11.7. The molecular formula is C12H23NO2. The van der Waals surface area contributed by atoms with Gasteiger partial charge in [-0.05, 0) is 33.1 Å². The summed E-state index contributed by atoms with van der Waals surface area (Å²) in [5, 5.41) is 12.9. The highest BCUT2D eigenvalue weighted by Gasteiger charge is 2.34. The Labute approximate surface area is 92.3 Å². The number of rotatable bonds is 3. The van der Waals surface area contributed by atoms with E-state index in [1.165, 1.54) is 0 Å². The second kappa shape index (κ2) is 5.08. The van der Waals surface area contributed by atoms with Gasteiger partial charge < -0.3 is 10.4 Å². The molecule has 1 aliphatic rings. The molecule has 3 atom stereocenters. The number of carbonyl (C=O) groups is 1. The molecule has 0 spiro atoms. The minimum Gasteiger partial charge on any atom is -0.391 e. The lowest BCUT2D eigenvalue weighted by atomic mass is 9.91. The Morgan fingerprint density at radius 2 is 2.33 bits per heavy atom. The fraction of sp³-hybridized carbons (Fsp3) is 0.917. The molecule has 0 radical (unpaired) electrons. The van der Waals surface area contributed by atoms with Gasteiger partial charge in [0.05, 0.1) is 12.1 Å². The summed E-state index contributed by atoms with van der Waals surface area (Å²) in [5.41, 5.74) is 0.0164. The van der Waals surface area contributed by atoms with Gasteiger partial charge in [0.15, 0.2) is 5.78 Å². The molecule has 0 amide bonds. The summed E-state index contributed by atoms with van der Waals surface area (Å²) in [4.78, 5) is 11.7. The van der Waals surface area contributed by atoms with Crippen LogP contribution in [0.4, 0.5) is 0 Å². The summed E-state index contributed by atoms with van der Waals surface area (Å²) in [6.07, 6.45) is 4.13. The summed E-state index contributed by atoms with van der Waals surface area (Å²) in [5.74, 6) is 0.157. The van der Waals surface area contributed by atoms with Crippen LogP contribution < -0.4 is 5.32 Å². The van der Waals surface area contributed by atoms with Crippen molar-refractivity contribution in [3.8, 4) is 0 Å². The third-order valence-electron chi connectivity index (χ3n) is 3.29. The van der Waals surface area contributed by atoms with Crippen molar-refractivity contribution in [1.82, 2.24) is 5.32 Å². The molecule has 1 saturated heterocycles. The highest BCUT2D eigenvalue weighted by molar-refractivity contribution is 5.85. The second-order valence-electron chi connectivity index (χ2n) is 4.99. The normalized spacial score (nSPS) is 34.9. The van der Waals surface area contributed by atoms with Gasteiger partial charge >= 0.3 is 0 Å².